The highest BCUT2D eigenvalue weighted by atomic mass is 32.1. The van der Waals surface area contributed by atoms with Crippen LogP contribution in [0.3, 0.4) is 0 Å². The van der Waals surface area contributed by atoms with E-state index in [2.05, 4.69) is 26.0 Å². The highest BCUT2D eigenvalue weighted by Crippen LogP contribution is 2.24. The van der Waals surface area contributed by atoms with Crippen LogP contribution in [0, 0.1) is 6.92 Å². The molecule has 116 valence electrons. The molecule has 0 saturated heterocycles. The molecule has 3 aromatic rings. The van der Waals surface area contributed by atoms with Gasteiger partial charge < -0.3 is 10.4 Å². The van der Waals surface area contributed by atoms with E-state index < -0.39 is 0 Å². The zero-order valence-corrected chi connectivity index (χ0v) is 13.2. The summed E-state index contributed by atoms with van der Waals surface area (Å²) < 4.78 is 0. The van der Waals surface area contributed by atoms with Gasteiger partial charge in [0.25, 0.3) is 0 Å². The SMILES string of the molecule is Cc1ccc(Nc2nnc(N/N=C/c3ccccc3O)s2)cc1. The fourth-order valence-electron chi connectivity index (χ4n) is 1.83. The molecule has 0 radical (unpaired) electrons. The van der Waals surface area contributed by atoms with Crippen LogP contribution < -0.4 is 10.7 Å². The Kier molecular flexibility index (Phi) is 4.49. The first-order valence-corrected chi connectivity index (χ1v) is 7.76. The van der Waals surface area contributed by atoms with Crippen molar-refractivity contribution in [2.75, 3.05) is 10.7 Å². The maximum Gasteiger partial charge on any atom is 0.227 e. The molecule has 6 nitrogen and oxygen atoms in total. The van der Waals surface area contributed by atoms with Gasteiger partial charge in [0.05, 0.1) is 6.21 Å². The van der Waals surface area contributed by atoms with E-state index in [-0.39, 0.29) is 5.75 Å². The summed E-state index contributed by atoms with van der Waals surface area (Å²) in [6.45, 7) is 2.04. The van der Waals surface area contributed by atoms with Gasteiger partial charge in [-0.3, -0.25) is 5.43 Å². The van der Waals surface area contributed by atoms with E-state index in [1.54, 1.807) is 18.2 Å². The molecule has 0 aliphatic carbocycles. The van der Waals surface area contributed by atoms with Crippen LogP contribution in [0.25, 0.3) is 0 Å². The first-order chi connectivity index (χ1) is 11.2. The van der Waals surface area contributed by atoms with Crippen molar-refractivity contribution in [1.29, 1.82) is 0 Å². The van der Waals surface area contributed by atoms with Gasteiger partial charge in [-0.15, -0.1) is 10.2 Å². The van der Waals surface area contributed by atoms with E-state index in [1.165, 1.54) is 23.1 Å². The Morgan fingerprint density at radius 2 is 1.78 bits per heavy atom. The monoisotopic (exact) mass is 325 g/mol. The zero-order chi connectivity index (χ0) is 16.1. The lowest BCUT2D eigenvalue weighted by molar-refractivity contribution is 0.474. The molecule has 0 aliphatic rings. The molecule has 1 heterocycles. The molecule has 1 aromatic heterocycles. The molecule has 3 rings (SSSR count). The second-order valence-electron chi connectivity index (χ2n) is 4.83. The van der Waals surface area contributed by atoms with Crippen LogP contribution in [0.4, 0.5) is 16.0 Å². The molecule has 0 fully saturated rings. The minimum absolute atomic E-state index is 0.178. The van der Waals surface area contributed by atoms with Crippen molar-refractivity contribution in [2.45, 2.75) is 6.92 Å². The quantitative estimate of drug-likeness (QED) is 0.492. The van der Waals surface area contributed by atoms with Gasteiger partial charge in [-0.25, -0.2) is 0 Å². The van der Waals surface area contributed by atoms with Gasteiger partial charge in [-0.05, 0) is 31.2 Å². The number of benzene rings is 2. The van der Waals surface area contributed by atoms with Gasteiger partial charge in [0, 0.05) is 11.3 Å². The largest absolute Gasteiger partial charge is 0.507 e. The molecule has 7 heteroatoms. The van der Waals surface area contributed by atoms with Crippen LogP contribution in [0.5, 0.6) is 5.75 Å². The lowest BCUT2D eigenvalue weighted by atomic mass is 10.2. The number of aryl methyl sites for hydroxylation is 1. The number of hydrogen-bond donors (Lipinski definition) is 3. The summed E-state index contributed by atoms with van der Waals surface area (Å²) in [5.41, 5.74) is 5.58. The smallest absolute Gasteiger partial charge is 0.227 e. The van der Waals surface area contributed by atoms with Gasteiger partial charge >= 0.3 is 0 Å². The van der Waals surface area contributed by atoms with Crippen molar-refractivity contribution in [3.63, 3.8) is 0 Å². The van der Waals surface area contributed by atoms with Gasteiger partial charge in [0.1, 0.15) is 5.75 Å². The van der Waals surface area contributed by atoms with Crippen LogP contribution in [0.1, 0.15) is 11.1 Å². The van der Waals surface area contributed by atoms with Gasteiger partial charge in [0.2, 0.25) is 10.3 Å². The number of para-hydroxylation sites is 1. The Balaban J connectivity index is 1.61. The number of phenols is 1. The second-order valence-corrected chi connectivity index (χ2v) is 5.81. The Morgan fingerprint density at radius 3 is 2.57 bits per heavy atom. The van der Waals surface area contributed by atoms with Crippen LogP contribution in [0.15, 0.2) is 53.6 Å². The molecule has 0 atom stereocenters. The Hall–Kier alpha value is -2.93. The number of hydrogen-bond acceptors (Lipinski definition) is 7. The maximum absolute atomic E-state index is 9.64. The number of nitrogens with one attached hydrogen (secondary N) is 2. The fourth-order valence-corrected chi connectivity index (χ4v) is 2.45. The fraction of sp³-hybridized carbons (Fsp3) is 0.0625. The molecule has 0 bridgehead atoms. The predicted octanol–water partition coefficient (Wildman–Crippen LogP) is 3.74. The summed E-state index contributed by atoms with van der Waals surface area (Å²) in [4.78, 5) is 0. The molecule has 23 heavy (non-hydrogen) atoms. The van der Waals surface area contributed by atoms with Crippen molar-refractivity contribution in [2.24, 2.45) is 5.10 Å². The number of aromatic hydroxyl groups is 1. The third-order valence-corrected chi connectivity index (χ3v) is 3.77. The highest BCUT2D eigenvalue weighted by Gasteiger charge is 2.03. The van der Waals surface area contributed by atoms with E-state index in [0.29, 0.717) is 15.8 Å². The lowest BCUT2D eigenvalue weighted by Gasteiger charge is -2.01. The molecule has 2 aromatic carbocycles. The number of nitrogens with zero attached hydrogens (tertiary/aromatic N) is 3. The molecule has 3 N–H and O–H groups in total. The van der Waals surface area contributed by atoms with E-state index >= 15 is 0 Å². The summed E-state index contributed by atoms with van der Waals surface area (Å²) in [7, 11) is 0. The van der Waals surface area contributed by atoms with Crippen molar-refractivity contribution in [3.05, 3.63) is 59.7 Å². The second kappa shape index (κ2) is 6.89. The molecule has 0 unspecified atom stereocenters. The van der Waals surface area contributed by atoms with Gasteiger partial charge in [-0.1, -0.05) is 41.2 Å². The topological polar surface area (TPSA) is 82.4 Å². The minimum Gasteiger partial charge on any atom is -0.507 e. The summed E-state index contributed by atoms with van der Waals surface area (Å²) in [6.07, 6.45) is 1.53. The molecule has 0 amide bonds. The van der Waals surface area contributed by atoms with Crippen LogP contribution in [0.2, 0.25) is 0 Å². The van der Waals surface area contributed by atoms with Crippen molar-refractivity contribution in [1.82, 2.24) is 10.2 Å². The summed E-state index contributed by atoms with van der Waals surface area (Å²) in [5, 5.41) is 26.2. The zero-order valence-electron chi connectivity index (χ0n) is 12.4. The predicted molar refractivity (Wildman–Crippen MR) is 93.7 cm³/mol. The number of aromatic nitrogens is 2. The van der Waals surface area contributed by atoms with E-state index in [0.717, 1.165) is 5.69 Å². The van der Waals surface area contributed by atoms with Crippen molar-refractivity contribution in [3.8, 4) is 5.75 Å². The third kappa shape index (κ3) is 4.04. The molecule has 0 aliphatic heterocycles. The third-order valence-electron chi connectivity index (χ3n) is 3.03. The van der Waals surface area contributed by atoms with Crippen molar-refractivity contribution >= 4 is 33.5 Å². The number of phenolic OH excluding ortho intramolecular Hbond substituents is 1. The first-order valence-electron chi connectivity index (χ1n) is 6.95. The number of hydrazone groups is 1. The van der Waals surface area contributed by atoms with Crippen LogP contribution in [-0.4, -0.2) is 21.5 Å². The average Bonchev–Trinajstić information content (AvgIpc) is 2.99. The minimum atomic E-state index is 0.178. The van der Waals surface area contributed by atoms with E-state index in [9.17, 15) is 5.11 Å². The van der Waals surface area contributed by atoms with E-state index in [1.807, 2.05) is 37.3 Å². The first kappa shape index (κ1) is 15.0. The van der Waals surface area contributed by atoms with Crippen molar-refractivity contribution < 1.29 is 5.11 Å². The molecular weight excluding hydrogens is 310 g/mol. The van der Waals surface area contributed by atoms with Crippen LogP contribution >= 0.6 is 11.3 Å². The Morgan fingerprint density at radius 1 is 1.04 bits per heavy atom. The van der Waals surface area contributed by atoms with Gasteiger partial charge in [0.15, 0.2) is 0 Å². The lowest BCUT2D eigenvalue weighted by Crippen LogP contribution is -1.90. The normalized spacial score (nSPS) is 10.8. The summed E-state index contributed by atoms with van der Waals surface area (Å²) in [6, 6.07) is 15.0. The van der Waals surface area contributed by atoms with Crippen LogP contribution in [-0.2, 0) is 0 Å². The number of rotatable bonds is 5. The molecular formula is C16H15N5OS. The Labute approximate surface area is 137 Å². The standard InChI is InChI=1S/C16H15N5OS/c1-11-6-8-13(9-7-11)18-15-20-21-16(23-15)19-17-10-12-4-2-3-5-14(12)22/h2-10,22H,1H3,(H,18,20)(H,19,21)/b17-10+. The Bertz CT molecular complexity index is 813. The summed E-state index contributed by atoms with van der Waals surface area (Å²) >= 11 is 1.35. The highest BCUT2D eigenvalue weighted by molar-refractivity contribution is 7.19. The maximum atomic E-state index is 9.64. The van der Waals surface area contributed by atoms with Gasteiger partial charge in [-0.2, -0.15) is 5.10 Å². The number of anilines is 3. The summed E-state index contributed by atoms with van der Waals surface area (Å²) in [5.74, 6) is 0.178. The molecule has 0 spiro atoms. The average molecular weight is 325 g/mol. The molecule has 0 saturated carbocycles. The van der Waals surface area contributed by atoms with E-state index in [4.69, 9.17) is 0 Å².